The molecule has 1 aromatic carbocycles. The first-order chi connectivity index (χ1) is 9.69. The Balaban J connectivity index is 1.94. The number of benzene rings is 1. The van der Waals surface area contributed by atoms with E-state index in [9.17, 15) is 9.90 Å². The Morgan fingerprint density at radius 2 is 2.30 bits per heavy atom. The molecule has 2 unspecified atom stereocenters. The van der Waals surface area contributed by atoms with Gasteiger partial charge in [-0.25, -0.2) is 0 Å². The van der Waals surface area contributed by atoms with Gasteiger partial charge in [-0.2, -0.15) is 0 Å². The maximum Gasteiger partial charge on any atom is 0.224 e. The lowest BCUT2D eigenvalue weighted by molar-refractivity contribution is -0.116. The summed E-state index contributed by atoms with van der Waals surface area (Å²) in [5, 5.41) is 13.4. The number of aryl methyl sites for hydroxylation is 2. The Bertz CT molecular complexity index is 503. The molecule has 4 heteroatoms. The van der Waals surface area contributed by atoms with Gasteiger partial charge < -0.3 is 15.2 Å². The van der Waals surface area contributed by atoms with Crippen molar-refractivity contribution < 1.29 is 14.6 Å². The molecule has 0 aliphatic carbocycles. The van der Waals surface area contributed by atoms with Gasteiger partial charge in [-0.1, -0.05) is 19.1 Å². The zero-order chi connectivity index (χ0) is 14.1. The van der Waals surface area contributed by atoms with Crippen LogP contribution in [0.15, 0.2) is 12.1 Å². The molecular weight excluding hydrogens is 254 g/mol. The molecule has 20 heavy (non-hydrogen) atoms. The van der Waals surface area contributed by atoms with Crippen molar-refractivity contribution in [3.63, 3.8) is 0 Å². The van der Waals surface area contributed by atoms with Crippen LogP contribution in [-0.4, -0.2) is 23.7 Å². The van der Waals surface area contributed by atoms with Crippen molar-refractivity contribution in [1.29, 1.82) is 0 Å². The van der Waals surface area contributed by atoms with E-state index in [1.807, 2.05) is 12.1 Å². The third-order valence-electron chi connectivity index (χ3n) is 4.25. The van der Waals surface area contributed by atoms with Crippen molar-refractivity contribution in [1.82, 2.24) is 0 Å². The van der Waals surface area contributed by atoms with Crippen LogP contribution in [0.5, 0.6) is 0 Å². The zero-order valence-electron chi connectivity index (χ0n) is 11.8. The highest BCUT2D eigenvalue weighted by atomic mass is 16.5. The molecule has 0 aromatic heterocycles. The van der Waals surface area contributed by atoms with E-state index in [-0.39, 0.29) is 12.0 Å². The van der Waals surface area contributed by atoms with Gasteiger partial charge in [-0.15, -0.1) is 0 Å². The number of hydrogen-bond acceptors (Lipinski definition) is 3. The summed E-state index contributed by atoms with van der Waals surface area (Å²) in [7, 11) is 0. The second-order valence-electron chi connectivity index (χ2n) is 5.61. The number of nitrogens with one attached hydrogen (secondary N) is 1. The molecule has 0 radical (unpaired) electrons. The van der Waals surface area contributed by atoms with Crippen molar-refractivity contribution >= 4 is 11.6 Å². The van der Waals surface area contributed by atoms with Crippen LogP contribution >= 0.6 is 0 Å². The van der Waals surface area contributed by atoms with Gasteiger partial charge in [0.25, 0.3) is 0 Å². The Kier molecular flexibility index (Phi) is 3.76. The monoisotopic (exact) mass is 275 g/mol. The molecule has 2 N–H and O–H groups in total. The quantitative estimate of drug-likeness (QED) is 0.890. The molecule has 2 aliphatic heterocycles. The molecule has 2 aliphatic rings. The van der Waals surface area contributed by atoms with Crippen LogP contribution in [0.2, 0.25) is 0 Å². The molecule has 1 saturated heterocycles. The summed E-state index contributed by atoms with van der Waals surface area (Å²) >= 11 is 0. The number of rotatable bonds is 3. The van der Waals surface area contributed by atoms with Crippen molar-refractivity contribution in [3.05, 3.63) is 28.8 Å². The molecule has 2 heterocycles. The minimum absolute atomic E-state index is 0.0830. The minimum atomic E-state index is -0.564. The first kappa shape index (κ1) is 13.6. The lowest BCUT2D eigenvalue weighted by atomic mass is 9.91. The SMILES string of the molecule is CCc1cc(C(O)C2CCCO2)cc2c1NC(=O)CC2. The van der Waals surface area contributed by atoms with Gasteiger partial charge in [-0.3, -0.25) is 4.79 Å². The van der Waals surface area contributed by atoms with Gasteiger partial charge in [0.2, 0.25) is 5.91 Å². The summed E-state index contributed by atoms with van der Waals surface area (Å²) in [5.74, 6) is 0.0830. The summed E-state index contributed by atoms with van der Waals surface area (Å²) in [5.41, 5.74) is 4.11. The van der Waals surface area contributed by atoms with Crippen LogP contribution in [0.25, 0.3) is 0 Å². The number of ether oxygens (including phenoxy) is 1. The first-order valence-electron chi connectivity index (χ1n) is 7.44. The Hall–Kier alpha value is -1.39. The molecule has 0 spiro atoms. The van der Waals surface area contributed by atoms with Gasteiger partial charge in [0.1, 0.15) is 6.10 Å². The number of fused-ring (bicyclic) bond motifs is 1. The molecule has 108 valence electrons. The number of aliphatic hydroxyl groups excluding tert-OH is 1. The van der Waals surface area contributed by atoms with E-state index in [4.69, 9.17) is 4.74 Å². The third-order valence-corrected chi connectivity index (χ3v) is 4.25. The Labute approximate surface area is 119 Å². The largest absolute Gasteiger partial charge is 0.386 e. The maximum absolute atomic E-state index is 11.5. The van der Waals surface area contributed by atoms with E-state index in [0.29, 0.717) is 6.42 Å². The fourth-order valence-corrected chi connectivity index (χ4v) is 3.12. The molecular formula is C16H21NO3. The van der Waals surface area contributed by atoms with Gasteiger partial charge in [0.05, 0.1) is 6.10 Å². The average molecular weight is 275 g/mol. The predicted molar refractivity (Wildman–Crippen MR) is 76.7 cm³/mol. The summed E-state index contributed by atoms with van der Waals surface area (Å²) < 4.78 is 5.58. The second kappa shape index (κ2) is 5.54. The average Bonchev–Trinajstić information content (AvgIpc) is 2.99. The van der Waals surface area contributed by atoms with Gasteiger partial charge in [0.15, 0.2) is 0 Å². The van der Waals surface area contributed by atoms with E-state index in [0.717, 1.165) is 54.7 Å². The summed E-state index contributed by atoms with van der Waals surface area (Å²) in [4.78, 5) is 11.5. The number of hydrogen-bond donors (Lipinski definition) is 2. The highest BCUT2D eigenvalue weighted by Gasteiger charge is 2.27. The van der Waals surface area contributed by atoms with Crippen LogP contribution < -0.4 is 5.32 Å². The van der Waals surface area contributed by atoms with Crippen molar-refractivity contribution in [2.45, 2.75) is 51.2 Å². The van der Waals surface area contributed by atoms with Crippen LogP contribution in [0, 0.1) is 0 Å². The second-order valence-corrected chi connectivity index (χ2v) is 5.61. The number of anilines is 1. The molecule has 3 rings (SSSR count). The smallest absolute Gasteiger partial charge is 0.224 e. The van der Waals surface area contributed by atoms with Crippen molar-refractivity contribution in [2.75, 3.05) is 11.9 Å². The van der Waals surface area contributed by atoms with E-state index in [1.54, 1.807) is 0 Å². The number of aliphatic hydroxyl groups is 1. The summed E-state index contributed by atoms with van der Waals surface area (Å²) in [6.45, 7) is 2.81. The lowest BCUT2D eigenvalue weighted by Gasteiger charge is -2.24. The van der Waals surface area contributed by atoms with E-state index in [1.165, 1.54) is 0 Å². The predicted octanol–water partition coefficient (Wildman–Crippen LogP) is 2.35. The Morgan fingerprint density at radius 3 is 3.00 bits per heavy atom. The van der Waals surface area contributed by atoms with Crippen molar-refractivity contribution in [2.24, 2.45) is 0 Å². The molecule has 1 amide bonds. The molecule has 4 nitrogen and oxygen atoms in total. The van der Waals surface area contributed by atoms with Crippen molar-refractivity contribution in [3.8, 4) is 0 Å². The standard InChI is InChI=1S/C16H21NO3/c1-2-10-8-12(16(19)13-4-3-7-20-13)9-11-5-6-14(18)17-15(10)11/h8-9,13,16,19H,2-7H2,1H3,(H,17,18). The van der Waals surface area contributed by atoms with Crippen LogP contribution in [0.1, 0.15) is 49.0 Å². The molecule has 1 fully saturated rings. The topological polar surface area (TPSA) is 58.6 Å². The zero-order valence-corrected chi connectivity index (χ0v) is 11.8. The van der Waals surface area contributed by atoms with Crippen LogP contribution in [0.4, 0.5) is 5.69 Å². The van der Waals surface area contributed by atoms with E-state index >= 15 is 0 Å². The summed E-state index contributed by atoms with van der Waals surface area (Å²) in [6, 6.07) is 4.04. The van der Waals surface area contributed by atoms with E-state index < -0.39 is 6.10 Å². The van der Waals surface area contributed by atoms with Gasteiger partial charge >= 0.3 is 0 Å². The van der Waals surface area contributed by atoms with E-state index in [2.05, 4.69) is 12.2 Å². The maximum atomic E-state index is 11.5. The highest BCUT2D eigenvalue weighted by Crippen LogP contribution is 2.34. The number of carbonyl (C=O) groups is 1. The fraction of sp³-hybridized carbons (Fsp3) is 0.562. The molecule has 2 atom stereocenters. The van der Waals surface area contributed by atoms with Gasteiger partial charge in [-0.05, 0) is 42.4 Å². The minimum Gasteiger partial charge on any atom is -0.386 e. The molecule has 0 saturated carbocycles. The fourth-order valence-electron chi connectivity index (χ4n) is 3.12. The number of amides is 1. The van der Waals surface area contributed by atoms with Crippen LogP contribution in [-0.2, 0) is 22.4 Å². The molecule has 0 bridgehead atoms. The highest BCUT2D eigenvalue weighted by molar-refractivity contribution is 5.94. The normalized spacial score (nSPS) is 23.3. The van der Waals surface area contributed by atoms with Crippen LogP contribution in [0.3, 0.4) is 0 Å². The molecule has 1 aromatic rings. The third kappa shape index (κ3) is 2.45. The Morgan fingerprint density at radius 1 is 1.45 bits per heavy atom. The first-order valence-corrected chi connectivity index (χ1v) is 7.44. The summed E-state index contributed by atoms with van der Waals surface area (Å²) in [6.07, 6.45) is 3.39. The lowest BCUT2D eigenvalue weighted by Crippen LogP contribution is -2.22. The number of carbonyl (C=O) groups excluding carboxylic acids is 1. The van der Waals surface area contributed by atoms with Gasteiger partial charge in [0, 0.05) is 18.7 Å².